The molecule has 3 rings (SSSR count). The molecule has 23 heavy (non-hydrogen) atoms. The van der Waals surface area contributed by atoms with Gasteiger partial charge in [0.15, 0.2) is 5.76 Å². The van der Waals surface area contributed by atoms with Crippen molar-refractivity contribution in [1.82, 2.24) is 10.5 Å². The van der Waals surface area contributed by atoms with Gasteiger partial charge in [-0.2, -0.15) is 0 Å². The number of benzene rings is 1. The smallest absolute Gasteiger partial charge is 0.252 e. The van der Waals surface area contributed by atoms with Crippen molar-refractivity contribution in [3.8, 4) is 16.4 Å². The second kappa shape index (κ2) is 6.97. The summed E-state index contributed by atoms with van der Waals surface area (Å²) in [7, 11) is 1.56. The number of nitrogens with zero attached hydrogens (tertiary/aromatic N) is 1. The molecule has 0 radical (unpaired) electrons. The number of hydrogen-bond acceptors (Lipinski definition) is 5. The fraction of sp³-hybridized carbons (Fsp3) is 0.125. The lowest BCUT2D eigenvalue weighted by molar-refractivity contribution is 0.0949. The molecular weight excluding hydrogens is 380 g/mol. The van der Waals surface area contributed by atoms with Crippen molar-refractivity contribution in [2.45, 2.75) is 6.54 Å². The van der Waals surface area contributed by atoms with E-state index in [2.05, 4.69) is 26.4 Å². The van der Waals surface area contributed by atoms with E-state index >= 15 is 0 Å². The van der Waals surface area contributed by atoms with E-state index in [9.17, 15) is 4.79 Å². The summed E-state index contributed by atoms with van der Waals surface area (Å²) >= 11 is 4.94. The molecule has 0 fully saturated rings. The minimum atomic E-state index is -0.212. The minimum Gasteiger partial charge on any atom is -0.497 e. The number of aromatic nitrogens is 1. The molecule has 0 saturated heterocycles. The van der Waals surface area contributed by atoms with E-state index < -0.39 is 0 Å². The summed E-state index contributed by atoms with van der Waals surface area (Å²) in [6.07, 6.45) is 0. The molecule has 3 aromatic rings. The molecule has 0 atom stereocenters. The summed E-state index contributed by atoms with van der Waals surface area (Å²) in [5.74, 6) is 1.11. The highest BCUT2D eigenvalue weighted by Gasteiger charge is 2.13. The van der Waals surface area contributed by atoms with Gasteiger partial charge in [0.05, 0.1) is 24.1 Å². The number of ether oxygens (including phenoxy) is 1. The lowest BCUT2D eigenvalue weighted by Gasteiger charge is -2.07. The highest BCUT2D eigenvalue weighted by atomic mass is 79.9. The second-order valence-corrected chi connectivity index (χ2v) is 6.49. The van der Waals surface area contributed by atoms with Gasteiger partial charge in [-0.1, -0.05) is 11.2 Å². The average Bonchev–Trinajstić information content (AvgIpc) is 3.24. The van der Waals surface area contributed by atoms with E-state index in [1.807, 2.05) is 23.6 Å². The number of methoxy groups -OCH3 is 1. The van der Waals surface area contributed by atoms with Gasteiger partial charge in [-0.25, -0.2) is 0 Å². The van der Waals surface area contributed by atoms with Crippen LogP contribution in [0.25, 0.3) is 10.6 Å². The van der Waals surface area contributed by atoms with Gasteiger partial charge in [-0.05, 0) is 45.6 Å². The maximum atomic E-state index is 12.3. The zero-order valence-corrected chi connectivity index (χ0v) is 14.6. The Kier molecular flexibility index (Phi) is 4.78. The van der Waals surface area contributed by atoms with E-state index in [0.29, 0.717) is 27.2 Å². The lowest BCUT2D eigenvalue weighted by atomic mass is 10.2. The fourth-order valence-electron chi connectivity index (χ4n) is 2.00. The summed E-state index contributed by atoms with van der Waals surface area (Å²) in [5.41, 5.74) is 1.17. The average molecular weight is 393 g/mol. The Morgan fingerprint density at radius 1 is 1.39 bits per heavy atom. The first kappa shape index (κ1) is 15.8. The van der Waals surface area contributed by atoms with Crippen LogP contribution in [0.1, 0.15) is 16.1 Å². The molecule has 0 unspecified atom stereocenters. The SMILES string of the molecule is COc1ccc(Br)c(C(=O)NCc2cc(-c3cccs3)on2)c1. The van der Waals surface area contributed by atoms with Gasteiger partial charge in [0.25, 0.3) is 5.91 Å². The van der Waals surface area contributed by atoms with Gasteiger partial charge in [-0.15, -0.1) is 11.3 Å². The highest BCUT2D eigenvalue weighted by Crippen LogP contribution is 2.25. The van der Waals surface area contributed by atoms with Crippen LogP contribution in [0.15, 0.2) is 50.8 Å². The molecule has 2 aromatic heterocycles. The molecular formula is C16H13BrN2O3S. The Morgan fingerprint density at radius 2 is 2.26 bits per heavy atom. The third-order valence-corrected chi connectivity index (χ3v) is 4.75. The first-order chi connectivity index (χ1) is 11.2. The maximum Gasteiger partial charge on any atom is 0.252 e. The Morgan fingerprint density at radius 3 is 3.00 bits per heavy atom. The summed E-state index contributed by atoms with van der Waals surface area (Å²) in [5, 5.41) is 8.77. The van der Waals surface area contributed by atoms with E-state index in [-0.39, 0.29) is 12.5 Å². The number of thiophene rings is 1. The van der Waals surface area contributed by atoms with Crippen LogP contribution in [-0.2, 0) is 6.54 Å². The van der Waals surface area contributed by atoms with Crippen LogP contribution in [-0.4, -0.2) is 18.2 Å². The highest BCUT2D eigenvalue weighted by molar-refractivity contribution is 9.10. The number of amides is 1. The maximum absolute atomic E-state index is 12.3. The van der Waals surface area contributed by atoms with Gasteiger partial charge < -0.3 is 14.6 Å². The number of carbonyl (C=O) groups is 1. The van der Waals surface area contributed by atoms with Crippen LogP contribution >= 0.6 is 27.3 Å². The quantitative estimate of drug-likeness (QED) is 0.709. The molecule has 1 N–H and O–H groups in total. The van der Waals surface area contributed by atoms with Crippen LogP contribution in [0.3, 0.4) is 0 Å². The summed E-state index contributed by atoms with van der Waals surface area (Å²) < 4.78 is 11.1. The van der Waals surface area contributed by atoms with Crippen LogP contribution < -0.4 is 10.1 Å². The van der Waals surface area contributed by atoms with Crippen LogP contribution in [0.5, 0.6) is 5.75 Å². The largest absolute Gasteiger partial charge is 0.497 e. The van der Waals surface area contributed by atoms with E-state index in [1.54, 1.807) is 36.6 Å². The zero-order valence-electron chi connectivity index (χ0n) is 12.2. The van der Waals surface area contributed by atoms with Crippen molar-refractivity contribution in [1.29, 1.82) is 0 Å². The fourth-order valence-corrected chi connectivity index (χ4v) is 3.10. The number of hydrogen-bond donors (Lipinski definition) is 1. The monoisotopic (exact) mass is 392 g/mol. The molecule has 0 saturated carbocycles. The molecule has 7 heteroatoms. The number of halogens is 1. The molecule has 118 valence electrons. The Bertz CT molecular complexity index is 815. The standard InChI is InChI=1S/C16H13BrN2O3S/c1-21-11-4-5-13(17)12(8-11)16(20)18-9-10-7-14(22-19-10)15-3-2-6-23-15/h2-8H,9H2,1H3,(H,18,20). The number of carbonyl (C=O) groups excluding carboxylic acids is 1. The van der Waals surface area contributed by atoms with Crippen molar-refractivity contribution in [3.63, 3.8) is 0 Å². The predicted octanol–water partition coefficient (Wildman–Crippen LogP) is 4.10. The molecule has 0 aliphatic carbocycles. The van der Waals surface area contributed by atoms with Gasteiger partial charge in [0.2, 0.25) is 0 Å². The van der Waals surface area contributed by atoms with Crippen LogP contribution in [0.2, 0.25) is 0 Å². The second-order valence-electron chi connectivity index (χ2n) is 4.69. The molecule has 0 aliphatic rings. The molecule has 0 bridgehead atoms. The Hall–Kier alpha value is -2.12. The molecule has 2 heterocycles. The van der Waals surface area contributed by atoms with Crippen LogP contribution in [0, 0.1) is 0 Å². The normalized spacial score (nSPS) is 10.5. The molecule has 0 aliphatic heterocycles. The van der Waals surface area contributed by atoms with Gasteiger partial charge in [0, 0.05) is 10.5 Å². The minimum absolute atomic E-state index is 0.212. The molecule has 1 amide bonds. The van der Waals surface area contributed by atoms with Gasteiger partial charge >= 0.3 is 0 Å². The topological polar surface area (TPSA) is 64.4 Å². The molecule has 0 spiro atoms. The molecule has 5 nitrogen and oxygen atoms in total. The van der Waals surface area contributed by atoms with Gasteiger partial charge in [-0.3, -0.25) is 4.79 Å². The summed E-state index contributed by atoms with van der Waals surface area (Å²) in [6.45, 7) is 0.289. The lowest BCUT2D eigenvalue weighted by Crippen LogP contribution is -2.23. The summed E-state index contributed by atoms with van der Waals surface area (Å²) in [4.78, 5) is 13.3. The number of nitrogens with one attached hydrogen (secondary N) is 1. The molecule has 1 aromatic carbocycles. The van der Waals surface area contributed by atoms with E-state index in [4.69, 9.17) is 9.26 Å². The van der Waals surface area contributed by atoms with E-state index in [0.717, 1.165) is 4.88 Å². The predicted molar refractivity (Wildman–Crippen MR) is 91.7 cm³/mol. The zero-order chi connectivity index (χ0) is 16.2. The first-order valence-electron chi connectivity index (χ1n) is 6.78. The van der Waals surface area contributed by atoms with Gasteiger partial charge in [0.1, 0.15) is 11.4 Å². The van der Waals surface area contributed by atoms with Crippen molar-refractivity contribution in [2.75, 3.05) is 7.11 Å². The van der Waals surface area contributed by atoms with Crippen molar-refractivity contribution in [2.24, 2.45) is 0 Å². The van der Waals surface area contributed by atoms with Crippen LogP contribution in [0.4, 0.5) is 0 Å². The third kappa shape index (κ3) is 3.62. The Labute approximate surface area is 145 Å². The van der Waals surface area contributed by atoms with Crippen molar-refractivity contribution < 1.29 is 14.1 Å². The number of rotatable bonds is 5. The van der Waals surface area contributed by atoms with Crippen molar-refractivity contribution in [3.05, 3.63) is 57.5 Å². The summed E-state index contributed by atoms with van der Waals surface area (Å²) in [6, 6.07) is 11.0. The Balaban J connectivity index is 1.67. The van der Waals surface area contributed by atoms with Crippen molar-refractivity contribution >= 4 is 33.2 Å². The van der Waals surface area contributed by atoms with E-state index in [1.165, 1.54) is 0 Å². The third-order valence-electron chi connectivity index (χ3n) is 3.17. The first-order valence-corrected chi connectivity index (χ1v) is 8.46.